The first-order chi connectivity index (χ1) is 10.2. The largest absolute Gasteiger partial charge is 0.382 e. The Labute approximate surface area is 134 Å². The highest BCUT2D eigenvalue weighted by molar-refractivity contribution is 6.35. The molecule has 0 radical (unpaired) electrons. The van der Waals surface area contributed by atoms with E-state index in [1.165, 1.54) is 5.69 Å². The molecule has 0 bridgehead atoms. The van der Waals surface area contributed by atoms with Crippen molar-refractivity contribution in [1.29, 1.82) is 0 Å². The Morgan fingerprint density at radius 2 is 1.62 bits per heavy atom. The maximum Gasteiger partial charge on any atom is 0.0441 e. The molecule has 1 aromatic carbocycles. The van der Waals surface area contributed by atoms with E-state index in [-0.39, 0.29) is 0 Å². The Balaban J connectivity index is 1.58. The molecule has 2 heterocycles. The van der Waals surface area contributed by atoms with Crippen LogP contribution in [-0.2, 0) is 0 Å². The van der Waals surface area contributed by atoms with Crippen LogP contribution in [-0.4, -0.2) is 24.1 Å². The summed E-state index contributed by atoms with van der Waals surface area (Å²) < 4.78 is 0. The molecule has 3 rings (SSSR count). The Morgan fingerprint density at radius 3 is 2.24 bits per heavy atom. The Morgan fingerprint density at radius 1 is 1.00 bits per heavy atom. The second kappa shape index (κ2) is 6.54. The number of hydrogen-bond acceptors (Lipinski definition) is 3. The van der Waals surface area contributed by atoms with Crippen molar-refractivity contribution in [1.82, 2.24) is 4.98 Å². The molecule has 0 aliphatic carbocycles. The zero-order chi connectivity index (χ0) is 14.7. The molecule has 0 atom stereocenters. The third-order valence-corrected chi connectivity index (χ3v) is 4.19. The van der Waals surface area contributed by atoms with Gasteiger partial charge >= 0.3 is 0 Å². The molecule has 0 spiro atoms. The normalized spacial score (nSPS) is 16.0. The van der Waals surface area contributed by atoms with Crippen molar-refractivity contribution in [2.45, 2.75) is 18.9 Å². The third kappa shape index (κ3) is 3.80. The molecule has 1 aliphatic heterocycles. The van der Waals surface area contributed by atoms with Gasteiger partial charge in [0.25, 0.3) is 0 Å². The van der Waals surface area contributed by atoms with E-state index in [9.17, 15) is 0 Å². The molecule has 0 unspecified atom stereocenters. The first-order valence-electron chi connectivity index (χ1n) is 7.08. The smallest absolute Gasteiger partial charge is 0.0441 e. The van der Waals surface area contributed by atoms with Crippen LogP contribution in [0.4, 0.5) is 11.4 Å². The summed E-state index contributed by atoms with van der Waals surface area (Å²) in [5.41, 5.74) is 2.24. The quantitative estimate of drug-likeness (QED) is 0.904. The molecule has 1 aromatic heterocycles. The van der Waals surface area contributed by atoms with Crippen molar-refractivity contribution in [3.63, 3.8) is 0 Å². The van der Waals surface area contributed by atoms with Crippen molar-refractivity contribution in [3.05, 3.63) is 52.8 Å². The lowest BCUT2D eigenvalue weighted by Crippen LogP contribution is -2.39. The van der Waals surface area contributed by atoms with E-state index in [0.29, 0.717) is 16.1 Å². The van der Waals surface area contributed by atoms with E-state index in [1.807, 2.05) is 24.5 Å². The first-order valence-corrected chi connectivity index (χ1v) is 7.84. The first kappa shape index (κ1) is 14.5. The standard InChI is InChI=1S/C16H17Cl2N3/c17-12-9-13(18)11-15(10-12)20-14-3-7-21(8-4-14)16-1-5-19-6-2-16/h1-2,5-6,9-11,14,20H,3-4,7-8H2. The van der Waals surface area contributed by atoms with Crippen LogP contribution >= 0.6 is 23.2 Å². The van der Waals surface area contributed by atoms with E-state index in [2.05, 4.69) is 27.3 Å². The van der Waals surface area contributed by atoms with Crippen molar-refractivity contribution in [2.75, 3.05) is 23.3 Å². The number of halogens is 2. The van der Waals surface area contributed by atoms with Crippen LogP contribution in [0.1, 0.15) is 12.8 Å². The van der Waals surface area contributed by atoms with Crippen molar-refractivity contribution in [2.24, 2.45) is 0 Å². The van der Waals surface area contributed by atoms with E-state index < -0.39 is 0 Å². The fourth-order valence-corrected chi connectivity index (χ4v) is 3.24. The summed E-state index contributed by atoms with van der Waals surface area (Å²) in [5, 5.41) is 4.86. The van der Waals surface area contributed by atoms with E-state index in [0.717, 1.165) is 31.6 Å². The summed E-state index contributed by atoms with van der Waals surface area (Å²) >= 11 is 12.1. The van der Waals surface area contributed by atoms with Crippen molar-refractivity contribution >= 4 is 34.6 Å². The predicted molar refractivity (Wildman–Crippen MR) is 89.6 cm³/mol. The molecule has 2 aromatic rings. The van der Waals surface area contributed by atoms with Crippen LogP contribution in [0.2, 0.25) is 10.0 Å². The van der Waals surface area contributed by atoms with Gasteiger partial charge in [0.2, 0.25) is 0 Å². The fourth-order valence-electron chi connectivity index (χ4n) is 2.71. The highest BCUT2D eigenvalue weighted by atomic mass is 35.5. The SMILES string of the molecule is Clc1cc(Cl)cc(NC2CCN(c3ccncc3)CC2)c1. The van der Waals surface area contributed by atoms with Crippen LogP contribution in [0.5, 0.6) is 0 Å². The number of piperidine rings is 1. The number of rotatable bonds is 3. The van der Waals surface area contributed by atoms with Gasteiger partial charge in [0.15, 0.2) is 0 Å². The highest BCUT2D eigenvalue weighted by Crippen LogP contribution is 2.25. The number of nitrogens with zero attached hydrogens (tertiary/aromatic N) is 2. The van der Waals surface area contributed by atoms with Gasteiger partial charge in [-0.25, -0.2) is 0 Å². The molecule has 1 saturated heterocycles. The van der Waals surface area contributed by atoms with E-state index in [4.69, 9.17) is 23.2 Å². The average molecular weight is 322 g/mol. The fraction of sp³-hybridized carbons (Fsp3) is 0.312. The van der Waals surface area contributed by atoms with Gasteiger partial charge < -0.3 is 10.2 Å². The molecule has 21 heavy (non-hydrogen) atoms. The Kier molecular flexibility index (Phi) is 4.51. The molecule has 1 N–H and O–H groups in total. The molecular formula is C16H17Cl2N3. The molecule has 5 heteroatoms. The van der Waals surface area contributed by atoms with Gasteiger partial charge in [-0.15, -0.1) is 0 Å². The van der Waals surface area contributed by atoms with Gasteiger partial charge in [0, 0.05) is 52.9 Å². The molecular weight excluding hydrogens is 305 g/mol. The number of nitrogens with one attached hydrogen (secondary N) is 1. The number of aromatic nitrogens is 1. The topological polar surface area (TPSA) is 28.2 Å². The van der Waals surface area contributed by atoms with Crippen molar-refractivity contribution in [3.8, 4) is 0 Å². The van der Waals surface area contributed by atoms with Gasteiger partial charge in [0.1, 0.15) is 0 Å². The van der Waals surface area contributed by atoms with Crippen LogP contribution in [0.25, 0.3) is 0 Å². The lowest BCUT2D eigenvalue weighted by atomic mass is 10.0. The lowest BCUT2D eigenvalue weighted by molar-refractivity contribution is 0.526. The molecule has 110 valence electrons. The second-order valence-corrected chi connectivity index (χ2v) is 6.14. The minimum Gasteiger partial charge on any atom is -0.382 e. The lowest BCUT2D eigenvalue weighted by Gasteiger charge is -2.34. The molecule has 3 nitrogen and oxygen atoms in total. The predicted octanol–water partition coefficient (Wildman–Crippen LogP) is 4.47. The van der Waals surface area contributed by atoms with Gasteiger partial charge in [-0.3, -0.25) is 4.98 Å². The molecule has 0 saturated carbocycles. The maximum atomic E-state index is 6.03. The number of anilines is 2. The second-order valence-electron chi connectivity index (χ2n) is 5.27. The van der Waals surface area contributed by atoms with Crippen LogP contribution < -0.4 is 10.2 Å². The monoisotopic (exact) mass is 321 g/mol. The van der Waals surface area contributed by atoms with Crippen LogP contribution in [0.15, 0.2) is 42.7 Å². The summed E-state index contributed by atoms with van der Waals surface area (Å²) in [7, 11) is 0. The van der Waals surface area contributed by atoms with Crippen molar-refractivity contribution < 1.29 is 0 Å². The summed E-state index contributed by atoms with van der Waals surface area (Å²) in [4.78, 5) is 6.46. The minimum atomic E-state index is 0.456. The minimum absolute atomic E-state index is 0.456. The number of pyridine rings is 1. The van der Waals surface area contributed by atoms with Crippen LogP contribution in [0.3, 0.4) is 0 Å². The van der Waals surface area contributed by atoms with Gasteiger partial charge in [-0.2, -0.15) is 0 Å². The van der Waals surface area contributed by atoms with Crippen LogP contribution in [0, 0.1) is 0 Å². The summed E-state index contributed by atoms with van der Waals surface area (Å²) in [5.74, 6) is 0. The zero-order valence-electron chi connectivity index (χ0n) is 11.6. The maximum absolute atomic E-state index is 6.03. The van der Waals surface area contributed by atoms with E-state index in [1.54, 1.807) is 6.07 Å². The zero-order valence-corrected chi connectivity index (χ0v) is 13.1. The average Bonchev–Trinajstić information content (AvgIpc) is 2.48. The van der Waals surface area contributed by atoms with Gasteiger partial charge in [-0.05, 0) is 43.2 Å². The highest BCUT2D eigenvalue weighted by Gasteiger charge is 2.19. The van der Waals surface area contributed by atoms with Gasteiger partial charge in [0.05, 0.1) is 0 Å². The van der Waals surface area contributed by atoms with Gasteiger partial charge in [-0.1, -0.05) is 23.2 Å². The molecule has 0 amide bonds. The Hall–Kier alpha value is -1.45. The summed E-state index contributed by atoms with van der Waals surface area (Å²) in [6.45, 7) is 2.08. The number of benzene rings is 1. The third-order valence-electron chi connectivity index (χ3n) is 3.76. The summed E-state index contributed by atoms with van der Waals surface area (Å²) in [6, 6.07) is 10.2. The molecule has 1 aliphatic rings. The van der Waals surface area contributed by atoms with E-state index >= 15 is 0 Å². The Bertz CT molecular complexity index is 575. The molecule has 1 fully saturated rings. The summed E-state index contributed by atoms with van der Waals surface area (Å²) in [6.07, 6.45) is 5.86. The number of hydrogen-bond donors (Lipinski definition) is 1.